The molecule has 0 aliphatic rings. The lowest BCUT2D eigenvalue weighted by atomic mass is 10.1. The molecule has 23 heavy (non-hydrogen) atoms. The third-order valence-corrected chi connectivity index (χ3v) is 3.57. The van der Waals surface area contributed by atoms with Crippen molar-refractivity contribution in [1.82, 2.24) is 5.32 Å². The number of nitrogens with one attached hydrogen (secondary N) is 1. The molecule has 0 saturated heterocycles. The molecule has 1 N–H and O–H groups in total. The average molecular weight is 308 g/mol. The minimum atomic E-state index is -0.586. The second kappa shape index (κ2) is 7.46. The van der Waals surface area contributed by atoms with E-state index in [1.807, 2.05) is 50.2 Å². The van der Waals surface area contributed by atoms with E-state index in [0.717, 1.165) is 11.1 Å². The molecule has 2 aromatic carbocycles. The second-order valence-corrected chi connectivity index (χ2v) is 5.54. The molecule has 2 unspecified atom stereocenters. The summed E-state index contributed by atoms with van der Waals surface area (Å²) in [7, 11) is 0. The van der Waals surface area contributed by atoms with Crippen LogP contribution in [-0.2, 0) is 4.79 Å². The van der Waals surface area contributed by atoms with E-state index in [4.69, 9.17) is 10.00 Å². The zero-order valence-corrected chi connectivity index (χ0v) is 13.5. The van der Waals surface area contributed by atoms with Crippen LogP contribution in [0, 0.1) is 18.3 Å². The van der Waals surface area contributed by atoms with Gasteiger partial charge in [0.25, 0.3) is 5.91 Å². The number of rotatable bonds is 5. The van der Waals surface area contributed by atoms with Crippen molar-refractivity contribution in [3.05, 3.63) is 65.2 Å². The van der Waals surface area contributed by atoms with Crippen LogP contribution in [0.15, 0.2) is 48.5 Å². The summed E-state index contributed by atoms with van der Waals surface area (Å²) >= 11 is 0. The second-order valence-electron chi connectivity index (χ2n) is 5.54. The molecule has 4 nitrogen and oxygen atoms in total. The van der Waals surface area contributed by atoms with Crippen molar-refractivity contribution < 1.29 is 9.53 Å². The lowest BCUT2D eigenvalue weighted by Gasteiger charge is -2.19. The van der Waals surface area contributed by atoms with E-state index in [9.17, 15) is 4.79 Å². The molecule has 2 atom stereocenters. The van der Waals surface area contributed by atoms with Gasteiger partial charge in [0.2, 0.25) is 0 Å². The van der Waals surface area contributed by atoms with Crippen LogP contribution in [-0.4, -0.2) is 12.0 Å². The van der Waals surface area contributed by atoms with Crippen molar-refractivity contribution in [2.24, 2.45) is 0 Å². The predicted molar refractivity (Wildman–Crippen MR) is 89.0 cm³/mol. The minimum absolute atomic E-state index is 0.154. The van der Waals surface area contributed by atoms with Crippen LogP contribution in [0.4, 0.5) is 0 Å². The number of aryl methyl sites for hydroxylation is 1. The SMILES string of the molecule is Cc1cccc(OC(C)C(=O)NC(C)c2ccc(C#N)cc2)c1. The number of benzene rings is 2. The highest BCUT2D eigenvalue weighted by atomic mass is 16.5. The van der Waals surface area contributed by atoms with E-state index >= 15 is 0 Å². The molecule has 0 fully saturated rings. The molecule has 0 heterocycles. The number of hydrogen-bond acceptors (Lipinski definition) is 3. The maximum atomic E-state index is 12.3. The minimum Gasteiger partial charge on any atom is -0.481 e. The topological polar surface area (TPSA) is 62.1 Å². The standard InChI is InChI=1S/C19H20N2O2/c1-13-5-4-6-18(11-13)23-15(3)19(22)21-14(2)17-9-7-16(12-20)8-10-17/h4-11,14-15H,1-3H3,(H,21,22). The van der Waals surface area contributed by atoms with E-state index in [2.05, 4.69) is 11.4 Å². The van der Waals surface area contributed by atoms with Crippen LogP contribution in [0.25, 0.3) is 0 Å². The Labute approximate surface area is 136 Å². The quantitative estimate of drug-likeness (QED) is 0.919. The van der Waals surface area contributed by atoms with Crippen molar-refractivity contribution in [1.29, 1.82) is 5.26 Å². The van der Waals surface area contributed by atoms with Crippen LogP contribution in [0.2, 0.25) is 0 Å². The summed E-state index contributed by atoms with van der Waals surface area (Å²) < 4.78 is 5.68. The molecule has 0 aliphatic carbocycles. The largest absolute Gasteiger partial charge is 0.481 e. The summed E-state index contributed by atoms with van der Waals surface area (Å²) in [6, 6.07) is 16.7. The van der Waals surface area contributed by atoms with Crippen molar-refractivity contribution in [3.63, 3.8) is 0 Å². The van der Waals surface area contributed by atoms with Gasteiger partial charge in [-0.25, -0.2) is 0 Å². The van der Waals surface area contributed by atoms with E-state index in [1.54, 1.807) is 19.1 Å². The Hall–Kier alpha value is -2.80. The van der Waals surface area contributed by atoms with Crippen LogP contribution < -0.4 is 10.1 Å². The first-order valence-corrected chi connectivity index (χ1v) is 7.53. The first-order valence-electron chi connectivity index (χ1n) is 7.53. The van der Waals surface area contributed by atoms with E-state index in [-0.39, 0.29) is 11.9 Å². The number of nitriles is 1. The molecule has 0 saturated carbocycles. The predicted octanol–water partition coefficient (Wildman–Crippen LogP) is 3.51. The first kappa shape index (κ1) is 16.6. The van der Waals surface area contributed by atoms with Crippen LogP contribution in [0.1, 0.15) is 36.6 Å². The van der Waals surface area contributed by atoms with Crippen LogP contribution >= 0.6 is 0 Å². The van der Waals surface area contributed by atoms with Crippen molar-refractivity contribution in [2.75, 3.05) is 0 Å². The molecular formula is C19H20N2O2. The molecule has 0 aromatic heterocycles. The fourth-order valence-corrected chi connectivity index (χ4v) is 2.21. The fourth-order valence-electron chi connectivity index (χ4n) is 2.21. The van der Waals surface area contributed by atoms with E-state index in [1.165, 1.54) is 0 Å². The van der Waals surface area contributed by atoms with Crippen molar-refractivity contribution in [3.8, 4) is 11.8 Å². The van der Waals surface area contributed by atoms with Gasteiger partial charge in [-0.2, -0.15) is 5.26 Å². The first-order chi connectivity index (χ1) is 11.0. The Balaban J connectivity index is 1.95. The Bertz CT molecular complexity index is 717. The fraction of sp³-hybridized carbons (Fsp3) is 0.263. The Morgan fingerprint density at radius 2 is 1.87 bits per heavy atom. The smallest absolute Gasteiger partial charge is 0.261 e. The zero-order valence-electron chi connectivity index (χ0n) is 13.5. The molecule has 0 spiro atoms. The highest BCUT2D eigenvalue weighted by Gasteiger charge is 2.17. The number of hydrogen-bond donors (Lipinski definition) is 1. The number of carbonyl (C=O) groups excluding carboxylic acids is 1. The van der Waals surface area contributed by atoms with Gasteiger partial charge in [0.1, 0.15) is 5.75 Å². The molecule has 4 heteroatoms. The van der Waals surface area contributed by atoms with Gasteiger partial charge in [0.05, 0.1) is 17.7 Å². The number of carbonyl (C=O) groups is 1. The number of amides is 1. The molecule has 2 aromatic rings. The maximum absolute atomic E-state index is 12.3. The van der Waals surface area contributed by atoms with Crippen LogP contribution in [0.3, 0.4) is 0 Å². The molecule has 0 bridgehead atoms. The third kappa shape index (κ3) is 4.58. The van der Waals surface area contributed by atoms with Crippen molar-refractivity contribution in [2.45, 2.75) is 32.9 Å². The molecule has 1 amide bonds. The summed E-state index contributed by atoms with van der Waals surface area (Å²) in [5, 5.41) is 11.7. The Morgan fingerprint density at radius 3 is 2.48 bits per heavy atom. The molecule has 0 aliphatic heterocycles. The van der Waals surface area contributed by atoms with Crippen LogP contribution in [0.5, 0.6) is 5.75 Å². The Morgan fingerprint density at radius 1 is 1.17 bits per heavy atom. The van der Waals surface area contributed by atoms with Gasteiger partial charge in [-0.1, -0.05) is 24.3 Å². The lowest BCUT2D eigenvalue weighted by molar-refractivity contribution is -0.127. The van der Waals surface area contributed by atoms with Crippen molar-refractivity contribution >= 4 is 5.91 Å². The molecule has 2 rings (SSSR count). The van der Waals surface area contributed by atoms with E-state index in [0.29, 0.717) is 11.3 Å². The van der Waals surface area contributed by atoms with Gasteiger partial charge in [0, 0.05) is 0 Å². The van der Waals surface area contributed by atoms with Gasteiger partial charge in [-0.3, -0.25) is 4.79 Å². The highest BCUT2D eigenvalue weighted by molar-refractivity contribution is 5.81. The third-order valence-electron chi connectivity index (χ3n) is 3.57. The Kier molecular flexibility index (Phi) is 5.37. The lowest BCUT2D eigenvalue weighted by Crippen LogP contribution is -2.37. The summed E-state index contributed by atoms with van der Waals surface area (Å²) in [6.07, 6.45) is -0.586. The van der Waals surface area contributed by atoms with E-state index < -0.39 is 6.10 Å². The van der Waals surface area contributed by atoms with Gasteiger partial charge in [0.15, 0.2) is 6.10 Å². The normalized spacial score (nSPS) is 12.8. The summed E-state index contributed by atoms with van der Waals surface area (Å²) in [6.45, 7) is 5.60. The summed E-state index contributed by atoms with van der Waals surface area (Å²) in [5.74, 6) is 0.502. The van der Waals surface area contributed by atoms with Gasteiger partial charge >= 0.3 is 0 Å². The van der Waals surface area contributed by atoms with Gasteiger partial charge in [-0.15, -0.1) is 0 Å². The zero-order chi connectivity index (χ0) is 16.8. The van der Waals surface area contributed by atoms with Gasteiger partial charge < -0.3 is 10.1 Å². The monoisotopic (exact) mass is 308 g/mol. The molecule has 0 radical (unpaired) electrons. The summed E-state index contributed by atoms with van der Waals surface area (Å²) in [4.78, 5) is 12.3. The van der Waals surface area contributed by atoms with Gasteiger partial charge in [-0.05, 0) is 56.2 Å². The highest BCUT2D eigenvalue weighted by Crippen LogP contribution is 2.16. The summed E-state index contributed by atoms with van der Waals surface area (Å²) in [5.41, 5.74) is 2.63. The number of nitrogens with zero attached hydrogens (tertiary/aromatic N) is 1. The number of ether oxygens (including phenoxy) is 1. The average Bonchev–Trinajstić information content (AvgIpc) is 2.54. The maximum Gasteiger partial charge on any atom is 0.261 e. The molecule has 118 valence electrons. The molecular weight excluding hydrogens is 288 g/mol.